The maximum atomic E-state index is 13.7. The summed E-state index contributed by atoms with van der Waals surface area (Å²) in [5.74, 6) is -2.15. The maximum Gasteiger partial charge on any atom is 0.407 e. The van der Waals surface area contributed by atoms with Crippen molar-refractivity contribution in [3.05, 3.63) is 42.1 Å². The van der Waals surface area contributed by atoms with Crippen LogP contribution in [0, 0.1) is 5.92 Å². The number of esters is 1. The molecule has 0 spiro atoms. The minimum Gasteiger partial charge on any atom is -0.467 e. The van der Waals surface area contributed by atoms with E-state index in [0.29, 0.717) is 25.1 Å². The third kappa shape index (κ3) is 9.55. The van der Waals surface area contributed by atoms with Crippen molar-refractivity contribution in [3.63, 3.8) is 0 Å². The number of piperazine rings is 1. The number of aromatic nitrogens is 2. The van der Waals surface area contributed by atoms with Crippen molar-refractivity contribution in [1.29, 1.82) is 0 Å². The minimum atomic E-state index is -1.07. The molecule has 51 heavy (non-hydrogen) atoms. The molecule has 16 heteroatoms. The zero-order valence-electron chi connectivity index (χ0n) is 29.1. The van der Waals surface area contributed by atoms with Crippen LogP contribution in [0.4, 0.5) is 4.79 Å². The molecule has 1 aliphatic carbocycles. The number of para-hydroxylation sites is 1. The smallest absolute Gasteiger partial charge is 0.407 e. The summed E-state index contributed by atoms with van der Waals surface area (Å²) in [6.07, 6.45) is 3.62. The number of benzene rings is 1. The average molecular weight is 710 g/mol. The molecular weight excluding hydrogens is 662 g/mol. The van der Waals surface area contributed by atoms with Crippen molar-refractivity contribution < 1.29 is 43.3 Å². The van der Waals surface area contributed by atoms with Gasteiger partial charge in [-0.15, -0.1) is 0 Å². The third-order valence-corrected chi connectivity index (χ3v) is 9.40. The van der Waals surface area contributed by atoms with Crippen molar-refractivity contribution >= 4 is 35.7 Å². The second-order valence-electron chi connectivity index (χ2n) is 13.4. The molecule has 2 atom stereocenters. The molecule has 3 heterocycles. The quantitative estimate of drug-likeness (QED) is 0.193. The number of hydrogen-bond donors (Lipinski definition) is 3. The van der Waals surface area contributed by atoms with Crippen molar-refractivity contribution in [2.45, 2.75) is 76.9 Å². The number of carbonyl (C=O) groups is 6. The summed E-state index contributed by atoms with van der Waals surface area (Å²) in [4.78, 5) is 81.2. The molecule has 3 aliphatic rings. The van der Waals surface area contributed by atoms with E-state index in [-0.39, 0.29) is 93.6 Å². The summed E-state index contributed by atoms with van der Waals surface area (Å²) in [6.45, 7) is 4.14. The Hall–Kier alpha value is -5.15. The number of nitrogens with one attached hydrogen (secondary N) is 2. The molecule has 3 fully saturated rings. The predicted octanol–water partition coefficient (Wildman–Crippen LogP) is 1.81. The van der Waals surface area contributed by atoms with Crippen molar-refractivity contribution in [2.24, 2.45) is 5.92 Å². The molecular formula is C35H47N7O9. The molecule has 3 N–H and O–H groups in total. The number of likely N-dealkylation sites (tertiary alicyclic amines) is 1. The number of carboxylic acid groups (broad SMARTS) is 1. The van der Waals surface area contributed by atoms with E-state index >= 15 is 0 Å². The van der Waals surface area contributed by atoms with Crippen molar-refractivity contribution in [2.75, 3.05) is 45.9 Å². The van der Waals surface area contributed by atoms with Gasteiger partial charge in [-0.2, -0.15) is 5.10 Å². The lowest BCUT2D eigenvalue weighted by molar-refractivity contribution is -0.147. The van der Waals surface area contributed by atoms with Gasteiger partial charge in [0.2, 0.25) is 17.7 Å². The molecule has 0 bridgehead atoms. The number of hydrogen-bond acceptors (Lipinski definition) is 9. The Morgan fingerprint density at radius 1 is 0.941 bits per heavy atom. The first-order valence-electron chi connectivity index (χ1n) is 17.6. The van der Waals surface area contributed by atoms with E-state index in [2.05, 4.69) is 15.7 Å². The van der Waals surface area contributed by atoms with E-state index in [0.717, 1.165) is 19.3 Å². The first-order valence-corrected chi connectivity index (χ1v) is 17.6. The third-order valence-electron chi connectivity index (χ3n) is 9.40. The Balaban J connectivity index is 1.28. The van der Waals surface area contributed by atoms with E-state index in [1.54, 1.807) is 38.1 Å². The van der Waals surface area contributed by atoms with Crippen LogP contribution in [0.2, 0.25) is 0 Å². The zero-order chi connectivity index (χ0) is 36.5. The van der Waals surface area contributed by atoms with Gasteiger partial charge in [-0.25, -0.2) is 9.48 Å². The summed E-state index contributed by atoms with van der Waals surface area (Å²) in [5.41, 5.74) is 0.494. The molecule has 1 aromatic heterocycles. The summed E-state index contributed by atoms with van der Waals surface area (Å²) < 4.78 is 12.6. The van der Waals surface area contributed by atoms with Gasteiger partial charge in [-0.1, -0.05) is 32.0 Å². The molecule has 1 saturated carbocycles. The van der Waals surface area contributed by atoms with Gasteiger partial charge in [-0.05, 0) is 57.1 Å². The molecule has 0 unspecified atom stereocenters. The Morgan fingerprint density at radius 3 is 2.29 bits per heavy atom. The van der Waals surface area contributed by atoms with Crippen molar-refractivity contribution in [3.8, 4) is 11.6 Å². The van der Waals surface area contributed by atoms with Gasteiger partial charge in [0.05, 0.1) is 18.2 Å². The van der Waals surface area contributed by atoms with E-state index < -0.39 is 30.0 Å². The molecule has 276 valence electrons. The topological polar surface area (TPSA) is 193 Å². The number of rotatable bonds is 14. The van der Waals surface area contributed by atoms with Gasteiger partial charge < -0.3 is 39.9 Å². The first-order chi connectivity index (χ1) is 24.5. The van der Waals surface area contributed by atoms with Gasteiger partial charge in [-0.3, -0.25) is 24.0 Å². The van der Waals surface area contributed by atoms with Crippen LogP contribution in [-0.4, -0.2) is 129 Å². The highest BCUT2D eigenvalue weighted by molar-refractivity contribution is 5.96. The Labute approximate surface area is 296 Å². The molecule has 5 amide bonds. The molecule has 1 aromatic carbocycles. The van der Waals surface area contributed by atoms with Crippen LogP contribution in [0.1, 0.15) is 69.3 Å². The summed E-state index contributed by atoms with van der Waals surface area (Å²) >= 11 is 0. The standard InChI is InChI=1S/C35H47N7O9/c1-23(2)34(47)50-20-8-13-26(33(46)39-16-18-40(19-17-39)35(48)49)37-31(44)27-21-30(42(38-27)25-11-4-3-5-12-25)51-22-29(43)41-15-7-14-28(41)32(45)36-24-9-6-10-24/h3-5,11-12,21,23-24,26,28H,6-10,13-20,22H2,1-2H3,(H,36,45)(H,37,44)(H,48,49)/t26-,28-/m0/s1. The van der Waals surface area contributed by atoms with Crippen LogP contribution >= 0.6 is 0 Å². The van der Waals surface area contributed by atoms with Crippen LogP contribution in [0.5, 0.6) is 5.88 Å². The molecule has 16 nitrogen and oxygen atoms in total. The highest BCUT2D eigenvalue weighted by Crippen LogP contribution is 2.24. The second-order valence-corrected chi connectivity index (χ2v) is 13.4. The van der Waals surface area contributed by atoms with E-state index in [9.17, 15) is 33.9 Å². The summed E-state index contributed by atoms with van der Waals surface area (Å²) in [6, 6.07) is 8.87. The fourth-order valence-corrected chi connectivity index (χ4v) is 6.19. The van der Waals surface area contributed by atoms with E-state index in [4.69, 9.17) is 9.47 Å². The highest BCUT2D eigenvalue weighted by Gasteiger charge is 2.36. The Kier molecular flexibility index (Phi) is 12.5. The number of ether oxygens (including phenoxy) is 2. The Morgan fingerprint density at radius 2 is 1.65 bits per heavy atom. The molecule has 2 aromatic rings. The Bertz CT molecular complexity index is 1570. The molecule has 5 rings (SSSR count). The molecule has 2 aliphatic heterocycles. The average Bonchev–Trinajstić information content (AvgIpc) is 3.78. The fourth-order valence-electron chi connectivity index (χ4n) is 6.19. The van der Waals surface area contributed by atoms with E-state index in [1.165, 1.54) is 25.4 Å². The maximum absolute atomic E-state index is 13.7. The van der Waals surface area contributed by atoms with Gasteiger partial charge in [0.1, 0.15) is 12.1 Å². The molecule has 2 saturated heterocycles. The second kappa shape index (κ2) is 17.2. The first kappa shape index (κ1) is 37.1. The minimum absolute atomic E-state index is 0.0538. The normalized spacial score (nSPS) is 18.2. The monoisotopic (exact) mass is 709 g/mol. The van der Waals surface area contributed by atoms with Crippen molar-refractivity contribution in [1.82, 2.24) is 35.1 Å². The fraction of sp³-hybridized carbons (Fsp3) is 0.571. The van der Waals surface area contributed by atoms with Gasteiger partial charge in [0.25, 0.3) is 11.8 Å². The van der Waals surface area contributed by atoms with Crippen LogP contribution in [0.3, 0.4) is 0 Å². The van der Waals surface area contributed by atoms with Crippen LogP contribution in [0.25, 0.3) is 5.69 Å². The lowest BCUT2D eigenvalue weighted by atomic mass is 9.93. The van der Waals surface area contributed by atoms with E-state index in [1.807, 2.05) is 6.07 Å². The van der Waals surface area contributed by atoms with Gasteiger partial charge in [0, 0.05) is 44.8 Å². The number of carbonyl (C=O) groups excluding carboxylic acids is 5. The van der Waals surface area contributed by atoms with Gasteiger partial charge >= 0.3 is 12.1 Å². The molecule has 0 radical (unpaired) electrons. The summed E-state index contributed by atoms with van der Waals surface area (Å²) in [5, 5.41) is 19.6. The zero-order valence-corrected chi connectivity index (χ0v) is 29.1. The highest BCUT2D eigenvalue weighted by atomic mass is 16.5. The van der Waals surface area contributed by atoms with Gasteiger partial charge in [0.15, 0.2) is 12.3 Å². The van der Waals surface area contributed by atoms with Crippen LogP contribution in [0.15, 0.2) is 36.4 Å². The number of nitrogens with zero attached hydrogens (tertiary/aromatic N) is 5. The lowest BCUT2D eigenvalue weighted by Crippen LogP contribution is -2.55. The van der Waals surface area contributed by atoms with Crippen LogP contribution in [-0.2, 0) is 23.9 Å². The predicted molar refractivity (Wildman–Crippen MR) is 182 cm³/mol. The SMILES string of the molecule is CC(C)C(=O)OCCC[C@H](NC(=O)c1cc(OCC(=O)N2CCC[C@H]2C(=O)NC2CCC2)n(-c2ccccc2)n1)C(=O)N1CCN(C(=O)O)CC1. The number of amides is 5. The van der Waals surface area contributed by atoms with Crippen LogP contribution < -0.4 is 15.4 Å². The largest absolute Gasteiger partial charge is 0.467 e. The summed E-state index contributed by atoms with van der Waals surface area (Å²) in [7, 11) is 0. The lowest BCUT2D eigenvalue weighted by Gasteiger charge is -2.35.